The first-order valence-corrected chi connectivity index (χ1v) is 13.8. The maximum Gasteiger partial charge on any atom is 0.143 e. The van der Waals surface area contributed by atoms with E-state index in [4.69, 9.17) is 21.1 Å². The Morgan fingerprint density at radius 1 is 1.25 bits per heavy atom. The number of fused-ring (bicyclic) bond motifs is 1. The van der Waals surface area contributed by atoms with Crippen LogP contribution < -0.4 is 4.74 Å². The zero-order chi connectivity index (χ0) is 20.5. The summed E-state index contributed by atoms with van der Waals surface area (Å²) < 4.78 is 27.6. The van der Waals surface area contributed by atoms with Crippen molar-refractivity contribution in [2.75, 3.05) is 13.7 Å². The van der Waals surface area contributed by atoms with Crippen molar-refractivity contribution in [1.82, 2.24) is 9.55 Å². The van der Waals surface area contributed by atoms with E-state index in [9.17, 15) is 4.39 Å². The number of aromatic nitrogens is 2. The molecular formula is C20H23BrClFN2O2Si. The molecule has 0 aliphatic heterocycles. The first-order chi connectivity index (χ1) is 13.2. The largest absolute Gasteiger partial charge is 0.496 e. The van der Waals surface area contributed by atoms with E-state index >= 15 is 0 Å². The molecular weight excluding hydrogens is 463 g/mol. The maximum absolute atomic E-state index is 13.7. The fourth-order valence-corrected chi connectivity index (χ4v) is 4.22. The summed E-state index contributed by atoms with van der Waals surface area (Å²) in [4.78, 5) is 4.53. The number of hydrogen-bond acceptors (Lipinski definition) is 3. The van der Waals surface area contributed by atoms with Crippen molar-refractivity contribution in [3.63, 3.8) is 0 Å². The maximum atomic E-state index is 13.7. The van der Waals surface area contributed by atoms with Gasteiger partial charge in [0.1, 0.15) is 23.9 Å². The van der Waals surface area contributed by atoms with E-state index < -0.39 is 8.07 Å². The van der Waals surface area contributed by atoms with Crippen molar-refractivity contribution in [2.45, 2.75) is 32.4 Å². The van der Waals surface area contributed by atoms with Gasteiger partial charge in [0, 0.05) is 49.7 Å². The Labute approximate surface area is 178 Å². The Kier molecular flexibility index (Phi) is 6.49. The SMILES string of the molecule is COc1cc(F)ccc1-c1cn(COCC[Si](C)(C)C)c2ncc(Br)c(Cl)c12. The molecule has 8 heteroatoms. The number of hydrogen-bond donors (Lipinski definition) is 0. The number of rotatable bonds is 7. The van der Waals surface area contributed by atoms with Gasteiger partial charge in [-0.1, -0.05) is 31.2 Å². The van der Waals surface area contributed by atoms with Gasteiger partial charge in [-0.25, -0.2) is 9.37 Å². The Bertz CT molecular complexity index is 1000. The van der Waals surface area contributed by atoms with Gasteiger partial charge in [0.2, 0.25) is 0 Å². The molecule has 3 rings (SSSR count). The van der Waals surface area contributed by atoms with E-state index in [0.29, 0.717) is 34.2 Å². The van der Waals surface area contributed by atoms with Crippen LogP contribution in [0.4, 0.5) is 4.39 Å². The fourth-order valence-electron chi connectivity index (χ4n) is 2.93. The second-order valence-electron chi connectivity index (χ2n) is 7.82. The number of ether oxygens (including phenoxy) is 2. The normalized spacial score (nSPS) is 12.0. The highest BCUT2D eigenvalue weighted by Crippen LogP contribution is 2.41. The summed E-state index contributed by atoms with van der Waals surface area (Å²) in [6.45, 7) is 8.03. The third-order valence-electron chi connectivity index (χ3n) is 4.46. The molecule has 0 saturated heterocycles. The summed E-state index contributed by atoms with van der Waals surface area (Å²) in [6.07, 6.45) is 3.61. The van der Waals surface area contributed by atoms with Crippen LogP contribution in [-0.2, 0) is 11.5 Å². The molecule has 1 aromatic carbocycles. The van der Waals surface area contributed by atoms with Gasteiger partial charge >= 0.3 is 0 Å². The molecule has 2 heterocycles. The van der Waals surface area contributed by atoms with Crippen LogP contribution >= 0.6 is 27.5 Å². The van der Waals surface area contributed by atoms with E-state index in [1.54, 1.807) is 12.3 Å². The standard InChI is InChI=1S/C20H23BrClFN2O2Si/c1-26-17-9-13(23)5-6-14(17)15-11-25(12-27-7-8-28(2,3)4)20-18(15)19(22)16(21)10-24-20/h5-6,9-11H,7-8,12H2,1-4H3. The van der Waals surface area contributed by atoms with E-state index in [1.165, 1.54) is 19.2 Å². The highest BCUT2D eigenvalue weighted by Gasteiger charge is 2.20. The molecule has 150 valence electrons. The summed E-state index contributed by atoms with van der Waals surface area (Å²) in [5.74, 6) is 0.0826. The molecule has 0 spiro atoms. The third kappa shape index (κ3) is 4.59. The third-order valence-corrected chi connectivity index (χ3v) is 7.39. The molecule has 0 fully saturated rings. The monoisotopic (exact) mass is 484 g/mol. The average Bonchev–Trinajstić information content (AvgIpc) is 3.00. The Morgan fingerprint density at radius 3 is 2.68 bits per heavy atom. The van der Waals surface area contributed by atoms with Crippen LogP contribution in [-0.4, -0.2) is 31.3 Å². The van der Waals surface area contributed by atoms with Gasteiger partial charge in [-0.15, -0.1) is 0 Å². The van der Waals surface area contributed by atoms with Gasteiger partial charge in [0.15, 0.2) is 0 Å². The van der Waals surface area contributed by atoms with E-state index in [2.05, 4.69) is 40.6 Å². The highest BCUT2D eigenvalue weighted by atomic mass is 79.9. The lowest BCUT2D eigenvalue weighted by Crippen LogP contribution is -2.22. The van der Waals surface area contributed by atoms with Crippen molar-refractivity contribution in [3.05, 3.63) is 45.9 Å². The lowest BCUT2D eigenvalue weighted by molar-refractivity contribution is 0.0899. The predicted octanol–water partition coefficient (Wildman–Crippen LogP) is 6.58. The van der Waals surface area contributed by atoms with Crippen LogP contribution in [0.3, 0.4) is 0 Å². The molecule has 0 N–H and O–H groups in total. The quantitative estimate of drug-likeness (QED) is 0.280. The van der Waals surface area contributed by atoms with Gasteiger partial charge < -0.3 is 14.0 Å². The minimum atomic E-state index is -1.16. The van der Waals surface area contributed by atoms with Gasteiger partial charge in [-0.05, 0) is 34.1 Å². The number of halogens is 3. The molecule has 4 nitrogen and oxygen atoms in total. The van der Waals surface area contributed by atoms with Gasteiger partial charge in [0.05, 0.1) is 16.6 Å². The molecule has 0 aliphatic rings. The molecule has 0 saturated carbocycles. The van der Waals surface area contributed by atoms with Gasteiger partial charge in [-0.2, -0.15) is 0 Å². The summed E-state index contributed by atoms with van der Waals surface area (Å²) in [5.41, 5.74) is 2.28. The summed E-state index contributed by atoms with van der Waals surface area (Å²) in [7, 11) is 0.361. The smallest absolute Gasteiger partial charge is 0.143 e. The molecule has 0 unspecified atom stereocenters. The van der Waals surface area contributed by atoms with Crippen molar-refractivity contribution in [3.8, 4) is 16.9 Å². The molecule has 3 aromatic rings. The summed E-state index contributed by atoms with van der Waals surface area (Å²) >= 11 is 10.0. The van der Waals surface area contributed by atoms with Crippen LogP contribution in [0.2, 0.25) is 30.7 Å². The lowest BCUT2D eigenvalue weighted by atomic mass is 10.0. The minimum Gasteiger partial charge on any atom is -0.496 e. The van der Waals surface area contributed by atoms with Crippen molar-refractivity contribution in [1.29, 1.82) is 0 Å². The van der Waals surface area contributed by atoms with E-state index in [0.717, 1.165) is 22.6 Å². The van der Waals surface area contributed by atoms with Crippen LogP contribution in [0, 0.1) is 5.82 Å². The molecule has 0 aliphatic carbocycles. The Hall–Kier alpha value is -1.41. The Morgan fingerprint density at radius 2 is 2.00 bits per heavy atom. The molecule has 0 radical (unpaired) electrons. The zero-order valence-electron chi connectivity index (χ0n) is 16.4. The number of benzene rings is 1. The second-order valence-corrected chi connectivity index (χ2v) is 14.7. The highest BCUT2D eigenvalue weighted by molar-refractivity contribution is 9.10. The molecule has 0 atom stereocenters. The average molecular weight is 486 g/mol. The zero-order valence-corrected chi connectivity index (χ0v) is 19.7. The van der Waals surface area contributed by atoms with Crippen LogP contribution in [0.5, 0.6) is 5.75 Å². The molecule has 0 bridgehead atoms. The minimum absolute atomic E-state index is 0.357. The van der Waals surface area contributed by atoms with Crippen molar-refractivity contribution < 1.29 is 13.9 Å². The van der Waals surface area contributed by atoms with E-state index in [-0.39, 0.29) is 5.82 Å². The van der Waals surface area contributed by atoms with Crippen molar-refractivity contribution in [2.24, 2.45) is 0 Å². The van der Waals surface area contributed by atoms with Gasteiger partial charge in [-0.3, -0.25) is 0 Å². The number of pyridine rings is 1. The first kappa shape index (κ1) is 21.3. The first-order valence-electron chi connectivity index (χ1n) is 8.96. The van der Waals surface area contributed by atoms with Crippen LogP contribution in [0.1, 0.15) is 0 Å². The van der Waals surface area contributed by atoms with Crippen LogP contribution in [0.15, 0.2) is 35.1 Å². The van der Waals surface area contributed by atoms with Gasteiger partial charge in [0.25, 0.3) is 0 Å². The Balaban J connectivity index is 2.05. The molecule has 28 heavy (non-hydrogen) atoms. The fraction of sp³-hybridized carbons (Fsp3) is 0.350. The van der Waals surface area contributed by atoms with Crippen molar-refractivity contribution >= 4 is 46.6 Å². The second kappa shape index (κ2) is 8.53. The summed E-state index contributed by atoms with van der Waals surface area (Å²) in [5, 5.41) is 1.32. The number of methoxy groups -OCH3 is 1. The summed E-state index contributed by atoms with van der Waals surface area (Å²) in [6, 6.07) is 5.55. The number of nitrogens with zero attached hydrogens (tertiary/aromatic N) is 2. The van der Waals surface area contributed by atoms with E-state index in [1.807, 2.05) is 10.8 Å². The molecule has 0 amide bonds. The van der Waals surface area contributed by atoms with Crippen LogP contribution in [0.25, 0.3) is 22.2 Å². The topological polar surface area (TPSA) is 36.3 Å². The molecule has 2 aromatic heterocycles. The lowest BCUT2D eigenvalue weighted by Gasteiger charge is -2.15. The predicted molar refractivity (Wildman–Crippen MR) is 118 cm³/mol.